The molecule has 1 aromatic heterocycles. The molecule has 47 heavy (non-hydrogen) atoms. The van der Waals surface area contributed by atoms with Crippen molar-refractivity contribution in [2.75, 3.05) is 11.9 Å². The lowest BCUT2D eigenvalue weighted by Crippen LogP contribution is -2.32. The van der Waals surface area contributed by atoms with Crippen LogP contribution in [-0.2, 0) is 21.9 Å². The number of rotatable bonds is 11. The fourth-order valence-electron chi connectivity index (χ4n) is 5.82. The quantitative estimate of drug-likeness (QED) is 0.123. The summed E-state index contributed by atoms with van der Waals surface area (Å²) in [6.07, 6.45) is 4.77. The number of fused-ring (bicyclic) bond motifs is 1. The molecule has 1 unspecified atom stereocenters. The molecule has 0 amide bonds. The van der Waals surface area contributed by atoms with Gasteiger partial charge < -0.3 is 19.5 Å². The Morgan fingerprint density at radius 2 is 1.79 bits per heavy atom. The van der Waals surface area contributed by atoms with Crippen LogP contribution >= 0.6 is 35.0 Å². The Hall–Kier alpha value is -3.73. The Labute approximate surface area is 287 Å². The van der Waals surface area contributed by atoms with Crippen molar-refractivity contribution in [1.82, 2.24) is 14.8 Å². The van der Waals surface area contributed by atoms with Crippen LogP contribution in [0.25, 0.3) is 0 Å². The van der Waals surface area contributed by atoms with E-state index in [2.05, 4.69) is 5.32 Å². The Balaban J connectivity index is 1.34. The molecule has 2 aliphatic rings. The molecule has 4 aromatic rings. The summed E-state index contributed by atoms with van der Waals surface area (Å²) in [5.74, 6) is 1.10. The van der Waals surface area contributed by atoms with Crippen molar-refractivity contribution >= 4 is 46.9 Å². The van der Waals surface area contributed by atoms with E-state index in [9.17, 15) is 9.18 Å². The minimum absolute atomic E-state index is 0.132. The summed E-state index contributed by atoms with van der Waals surface area (Å²) in [6.45, 7) is 4.25. The van der Waals surface area contributed by atoms with Gasteiger partial charge in [0, 0.05) is 27.1 Å². The van der Waals surface area contributed by atoms with Crippen molar-refractivity contribution in [3.8, 4) is 11.5 Å². The lowest BCUT2D eigenvalue weighted by atomic mass is 9.94. The monoisotopic (exact) mass is 696 g/mol. The van der Waals surface area contributed by atoms with Gasteiger partial charge in [0.15, 0.2) is 11.5 Å². The van der Waals surface area contributed by atoms with Gasteiger partial charge in [0.2, 0.25) is 11.1 Å². The lowest BCUT2D eigenvalue weighted by molar-refractivity contribution is -0.146. The minimum Gasteiger partial charge on any atom is -0.490 e. The first-order valence-corrected chi connectivity index (χ1v) is 17.4. The fraction of sp³-hybridized carbons (Fsp3) is 0.343. The number of ether oxygens (including phenoxy) is 3. The Morgan fingerprint density at radius 1 is 1.02 bits per heavy atom. The molecule has 1 saturated carbocycles. The minimum atomic E-state index is -0.677. The molecule has 1 N–H and O–H groups in total. The van der Waals surface area contributed by atoms with Crippen molar-refractivity contribution in [1.29, 1.82) is 0 Å². The van der Waals surface area contributed by atoms with Gasteiger partial charge in [-0.25, -0.2) is 13.9 Å². The summed E-state index contributed by atoms with van der Waals surface area (Å²) in [5.41, 5.74) is 2.99. The molecule has 1 fully saturated rings. The van der Waals surface area contributed by atoms with Gasteiger partial charge >= 0.3 is 5.97 Å². The normalized spacial score (nSPS) is 16.4. The molecule has 246 valence electrons. The third-order valence-corrected chi connectivity index (χ3v) is 9.81. The van der Waals surface area contributed by atoms with Crippen LogP contribution in [0.1, 0.15) is 68.7 Å². The third kappa shape index (κ3) is 7.55. The topological polar surface area (TPSA) is 87.5 Å². The van der Waals surface area contributed by atoms with E-state index < -0.39 is 12.0 Å². The molecule has 0 bridgehead atoms. The number of hydrogen-bond donors (Lipinski definition) is 1. The molecule has 0 radical (unpaired) electrons. The van der Waals surface area contributed by atoms with Crippen molar-refractivity contribution in [2.45, 2.75) is 75.6 Å². The van der Waals surface area contributed by atoms with E-state index in [0.29, 0.717) is 67.4 Å². The first-order chi connectivity index (χ1) is 22.8. The summed E-state index contributed by atoms with van der Waals surface area (Å²) in [7, 11) is 0. The highest BCUT2D eigenvalue weighted by atomic mass is 35.5. The summed E-state index contributed by atoms with van der Waals surface area (Å²) >= 11 is 14.1. The maximum Gasteiger partial charge on any atom is 0.338 e. The average Bonchev–Trinajstić information content (AvgIpc) is 3.47. The predicted octanol–water partition coefficient (Wildman–Crippen LogP) is 9.16. The summed E-state index contributed by atoms with van der Waals surface area (Å²) < 4.78 is 34.3. The van der Waals surface area contributed by atoms with Crippen LogP contribution in [0, 0.1) is 5.82 Å². The van der Waals surface area contributed by atoms with Gasteiger partial charge in [-0.05, 0) is 81.0 Å². The fourth-order valence-corrected chi connectivity index (χ4v) is 7.15. The number of halogens is 3. The van der Waals surface area contributed by atoms with Crippen molar-refractivity contribution < 1.29 is 23.4 Å². The molecule has 8 nitrogen and oxygen atoms in total. The molecule has 6 rings (SSSR count). The highest BCUT2D eigenvalue weighted by molar-refractivity contribution is 7.98. The zero-order valence-electron chi connectivity index (χ0n) is 26.1. The van der Waals surface area contributed by atoms with Gasteiger partial charge in [0.25, 0.3) is 0 Å². The molecule has 0 saturated heterocycles. The molecular formula is C35H35Cl2FN4O4S. The van der Waals surface area contributed by atoms with Crippen LogP contribution in [-0.4, -0.2) is 33.4 Å². The van der Waals surface area contributed by atoms with E-state index in [0.717, 1.165) is 37.7 Å². The van der Waals surface area contributed by atoms with Gasteiger partial charge in [-0.1, -0.05) is 71.7 Å². The largest absolute Gasteiger partial charge is 0.490 e. The van der Waals surface area contributed by atoms with Crippen LogP contribution in [0.3, 0.4) is 0 Å². The Kier molecular flexibility index (Phi) is 10.6. The molecule has 0 spiro atoms. The zero-order valence-corrected chi connectivity index (χ0v) is 28.4. The van der Waals surface area contributed by atoms with Gasteiger partial charge in [0.1, 0.15) is 24.6 Å². The van der Waals surface area contributed by atoms with E-state index in [1.165, 1.54) is 17.8 Å². The maximum absolute atomic E-state index is 14.3. The van der Waals surface area contributed by atoms with E-state index in [-0.39, 0.29) is 18.5 Å². The second-order valence-electron chi connectivity index (χ2n) is 11.4. The number of thioether (sulfide) groups is 1. The SMILES string of the molecule is CCOc1cc(C2C(C(=O)OC3CCCCC3)=C(C)Nc3nc(SCc4ccccc4F)nn32)ccc1OCc1c(Cl)cccc1Cl. The molecule has 1 aliphatic heterocycles. The van der Waals surface area contributed by atoms with Gasteiger partial charge in [-0.2, -0.15) is 4.98 Å². The number of carbonyl (C=O) groups is 1. The highest BCUT2D eigenvalue weighted by Gasteiger charge is 2.37. The number of benzene rings is 3. The summed E-state index contributed by atoms with van der Waals surface area (Å²) in [5, 5.41) is 9.51. The number of nitrogens with zero attached hydrogens (tertiary/aromatic N) is 3. The van der Waals surface area contributed by atoms with Crippen LogP contribution in [0.4, 0.5) is 10.3 Å². The third-order valence-electron chi connectivity index (χ3n) is 8.21. The Morgan fingerprint density at radius 3 is 2.53 bits per heavy atom. The molecule has 1 atom stereocenters. The smallest absolute Gasteiger partial charge is 0.338 e. The zero-order chi connectivity index (χ0) is 32.9. The summed E-state index contributed by atoms with van der Waals surface area (Å²) in [4.78, 5) is 18.6. The van der Waals surface area contributed by atoms with E-state index in [1.807, 2.05) is 26.0 Å². The van der Waals surface area contributed by atoms with E-state index in [4.69, 9.17) is 47.5 Å². The number of hydrogen-bond acceptors (Lipinski definition) is 8. The number of carbonyl (C=O) groups excluding carboxylic acids is 1. The molecular weight excluding hydrogens is 662 g/mol. The van der Waals surface area contributed by atoms with E-state index >= 15 is 0 Å². The van der Waals surface area contributed by atoms with Crippen LogP contribution in [0.2, 0.25) is 10.0 Å². The summed E-state index contributed by atoms with van der Waals surface area (Å²) in [6, 6.07) is 16.8. The highest BCUT2D eigenvalue weighted by Crippen LogP contribution is 2.41. The number of nitrogens with one attached hydrogen (secondary N) is 1. The number of aromatic nitrogens is 3. The second kappa shape index (κ2) is 15.0. The number of esters is 1. The molecule has 12 heteroatoms. The van der Waals surface area contributed by atoms with Crippen molar-refractivity contribution in [3.05, 3.63) is 104 Å². The van der Waals surface area contributed by atoms with Gasteiger partial charge in [0.05, 0.1) is 12.2 Å². The average molecular weight is 698 g/mol. The standard InChI is InChI=1S/C35H35Cl2FN4O4S/c1-3-44-30-18-22(16-17-29(30)45-19-25-26(36)13-9-14-27(25)37)32-31(33(43)46-24-11-5-4-6-12-24)21(2)39-34-40-35(41-42(32)34)47-20-23-10-7-8-15-28(23)38/h7-10,13-18,24,32H,3-6,11-12,19-20H2,1-2H3,(H,39,40,41). The number of anilines is 1. The van der Waals surface area contributed by atoms with E-state index in [1.54, 1.807) is 47.1 Å². The number of allylic oxidation sites excluding steroid dienone is 1. The molecule has 1 aliphatic carbocycles. The predicted molar refractivity (Wildman–Crippen MR) is 182 cm³/mol. The van der Waals surface area contributed by atoms with Crippen LogP contribution < -0.4 is 14.8 Å². The van der Waals surface area contributed by atoms with Gasteiger partial charge in [-0.15, -0.1) is 5.10 Å². The van der Waals surface area contributed by atoms with Crippen molar-refractivity contribution in [2.24, 2.45) is 0 Å². The molecule has 2 heterocycles. The first kappa shape index (κ1) is 33.2. The lowest BCUT2D eigenvalue weighted by Gasteiger charge is -2.30. The van der Waals surface area contributed by atoms with Gasteiger partial charge in [-0.3, -0.25) is 0 Å². The second-order valence-corrected chi connectivity index (χ2v) is 13.2. The first-order valence-electron chi connectivity index (χ1n) is 15.7. The van der Waals surface area contributed by atoms with Crippen molar-refractivity contribution in [3.63, 3.8) is 0 Å². The van der Waals surface area contributed by atoms with Crippen LogP contribution in [0.5, 0.6) is 11.5 Å². The maximum atomic E-state index is 14.3. The van der Waals surface area contributed by atoms with Crippen LogP contribution in [0.15, 0.2) is 77.1 Å². The molecule has 3 aromatic carbocycles. The Bertz CT molecular complexity index is 1770.